The Labute approximate surface area is 411 Å². The Morgan fingerprint density at radius 2 is 0.557 bits per heavy atom. The smallest absolute Gasteiger partial charge is 0.0468 e. The quantitative estimate of drug-likeness (QED) is 0.140. The van der Waals surface area contributed by atoms with E-state index >= 15 is 0 Å². The van der Waals surface area contributed by atoms with Gasteiger partial charge in [0.25, 0.3) is 0 Å². The van der Waals surface area contributed by atoms with E-state index in [9.17, 15) is 0 Å². The summed E-state index contributed by atoms with van der Waals surface area (Å²) in [7, 11) is 0. The van der Waals surface area contributed by atoms with Crippen LogP contribution >= 0.6 is 0 Å². The second-order valence-electron chi connectivity index (χ2n) is 20.2. The van der Waals surface area contributed by atoms with Gasteiger partial charge in [0.2, 0.25) is 0 Å². The van der Waals surface area contributed by atoms with E-state index in [1.165, 1.54) is 88.3 Å². The zero-order valence-electron chi connectivity index (χ0n) is 40.0. The third-order valence-electron chi connectivity index (χ3n) is 15.4. The van der Waals surface area contributed by atoms with E-state index in [4.69, 9.17) is 0 Å². The number of anilines is 6. The topological polar surface area (TPSA) is 6.48 Å². The van der Waals surface area contributed by atoms with E-state index in [0.29, 0.717) is 0 Å². The molecule has 0 radical (unpaired) electrons. The summed E-state index contributed by atoms with van der Waals surface area (Å²) < 4.78 is 0. The molecule has 0 amide bonds. The number of benzene rings is 11. The molecule has 0 spiro atoms. The van der Waals surface area contributed by atoms with Crippen LogP contribution in [0.1, 0.15) is 49.9 Å². The van der Waals surface area contributed by atoms with Crippen molar-refractivity contribution in [2.75, 3.05) is 9.80 Å². The Hall–Kier alpha value is -8.46. The highest BCUT2D eigenvalue weighted by Gasteiger charge is 2.37. The van der Waals surface area contributed by atoms with Gasteiger partial charge in [-0.25, -0.2) is 0 Å². The maximum atomic E-state index is 2.43. The zero-order chi connectivity index (χ0) is 47.1. The van der Waals surface area contributed by atoms with Crippen molar-refractivity contribution in [3.05, 3.63) is 265 Å². The number of hydrogen-bond acceptors (Lipinski definition) is 2. The summed E-state index contributed by atoms with van der Waals surface area (Å²) >= 11 is 0. The molecule has 70 heavy (non-hydrogen) atoms. The SMILES string of the molecule is CC1(C)c2ccccc2-c2ccc(N(c3ccc(-c4ccccc4)cc3)c3ccc4c(ccc5cc(N(c6ccc(-c7ccccc7)cc6)c6ccc7c(c6)C(C)(C)c6ccccc6-7)ccc54)c3)cc21. The number of nitrogens with zero attached hydrogens (tertiary/aromatic N) is 2. The molecule has 0 aliphatic heterocycles. The van der Waals surface area contributed by atoms with Crippen LogP contribution in [0.15, 0.2) is 243 Å². The maximum Gasteiger partial charge on any atom is 0.0468 e. The molecular formula is C68H52N2. The largest absolute Gasteiger partial charge is 0.310 e. The van der Waals surface area contributed by atoms with Gasteiger partial charge in [-0.3, -0.25) is 0 Å². The number of fused-ring (bicyclic) bond motifs is 9. The predicted octanol–water partition coefficient (Wildman–Crippen LogP) is 18.9. The Bertz CT molecular complexity index is 3560. The van der Waals surface area contributed by atoms with Crippen molar-refractivity contribution >= 4 is 55.7 Å². The van der Waals surface area contributed by atoms with Crippen molar-refractivity contribution < 1.29 is 0 Å². The third kappa shape index (κ3) is 6.70. The molecule has 0 bridgehead atoms. The van der Waals surface area contributed by atoms with Crippen molar-refractivity contribution in [3.8, 4) is 44.5 Å². The van der Waals surface area contributed by atoms with Gasteiger partial charge < -0.3 is 9.80 Å². The molecule has 11 aromatic rings. The van der Waals surface area contributed by atoms with E-state index in [-0.39, 0.29) is 10.8 Å². The molecule has 0 atom stereocenters. The van der Waals surface area contributed by atoms with E-state index < -0.39 is 0 Å². The first kappa shape index (κ1) is 41.7. The van der Waals surface area contributed by atoms with Crippen LogP contribution in [0.4, 0.5) is 34.1 Å². The predicted molar refractivity (Wildman–Crippen MR) is 297 cm³/mol. The van der Waals surface area contributed by atoms with Crippen LogP contribution in [0.2, 0.25) is 0 Å². The van der Waals surface area contributed by atoms with Gasteiger partial charge in [-0.1, -0.05) is 198 Å². The number of rotatable bonds is 8. The van der Waals surface area contributed by atoms with Gasteiger partial charge in [-0.15, -0.1) is 0 Å². The first-order valence-electron chi connectivity index (χ1n) is 24.6. The Kier molecular flexibility index (Phi) is 9.58. The van der Waals surface area contributed by atoms with Gasteiger partial charge in [0.05, 0.1) is 0 Å². The van der Waals surface area contributed by atoms with Gasteiger partial charge in [-0.05, 0) is 161 Å². The molecule has 0 aromatic heterocycles. The standard InChI is InChI=1S/C68H52N2/c1-67(2)63-21-13-11-19-59(63)61-39-35-55(43-65(61)67)69(51-29-25-47(26-30-51)45-15-7-5-8-16-45)53-33-37-57-49(41-53)23-24-50-42-54(34-38-58(50)57)70(52-31-27-48(28-32-52)46-17-9-6-10-18-46)56-36-40-62-60-20-12-14-22-64(60)68(3,4)66(62)44-56/h5-44H,1-4H3. The molecule has 334 valence electrons. The molecule has 2 nitrogen and oxygen atoms in total. The summed E-state index contributed by atoms with van der Waals surface area (Å²) in [5.74, 6) is 0. The van der Waals surface area contributed by atoms with Gasteiger partial charge in [-0.2, -0.15) is 0 Å². The van der Waals surface area contributed by atoms with Crippen LogP contribution < -0.4 is 9.80 Å². The fourth-order valence-electron chi connectivity index (χ4n) is 11.7. The van der Waals surface area contributed by atoms with Gasteiger partial charge >= 0.3 is 0 Å². The Balaban J connectivity index is 0.912. The molecule has 0 unspecified atom stereocenters. The van der Waals surface area contributed by atoms with Gasteiger partial charge in [0.15, 0.2) is 0 Å². The highest BCUT2D eigenvalue weighted by atomic mass is 15.1. The molecule has 2 aliphatic carbocycles. The summed E-state index contributed by atoms with van der Waals surface area (Å²) in [5.41, 5.74) is 22.2. The monoisotopic (exact) mass is 896 g/mol. The lowest BCUT2D eigenvalue weighted by Gasteiger charge is -2.29. The van der Waals surface area contributed by atoms with E-state index in [1.807, 2.05) is 0 Å². The summed E-state index contributed by atoms with van der Waals surface area (Å²) in [6, 6.07) is 89.9. The van der Waals surface area contributed by atoms with E-state index in [0.717, 1.165) is 34.1 Å². The molecule has 0 saturated heterocycles. The minimum atomic E-state index is -0.115. The summed E-state index contributed by atoms with van der Waals surface area (Å²) in [5, 5.41) is 4.86. The zero-order valence-corrected chi connectivity index (χ0v) is 40.0. The first-order valence-corrected chi connectivity index (χ1v) is 24.6. The minimum absolute atomic E-state index is 0.115. The fourth-order valence-corrected chi connectivity index (χ4v) is 11.7. The Morgan fingerprint density at radius 1 is 0.243 bits per heavy atom. The van der Waals surface area contributed by atoms with Crippen LogP contribution in [0.3, 0.4) is 0 Å². The summed E-state index contributed by atoms with van der Waals surface area (Å²) in [4.78, 5) is 4.86. The second kappa shape index (κ2) is 16.1. The molecular weight excluding hydrogens is 845 g/mol. The van der Waals surface area contributed by atoms with Crippen LogP contribution in [0.5, 0.6) is 0 Å². The maximum absolute atomic E-state index is 2.43. The van der Waals surface area contributed by atoms with E-state index in [2.05, 4.69) is 280 Å². The lowest BCUT2D eigenvalue weighted by Crippen LogP contribution is -2.16. The molecule has 2 heteroatoms. The second-order valence-corrected chi connectivity index (χ2v) is 20.2. The first-order chi connectivity index (χ1) is 34.2. The van der Waals surface area contributed by atoms with Crippen molar-refractivity contribution in [1.82, 2.24) is 0 Å². The molecule has 2 aliphatic rings. The molecule has 0 fully saturated rings. The van der Waals surface area contributed by atoms with Gasteiger partial charge in [0.1, 0.15) is 0 Å². The lowest BCUT2D eigenvalue weighted by molar-refractivity contribution is 0.660. The van der Waals surface area contributed by atoms with Crippen molar-refractivity contribution in [2.24, 2.45) is 0 Å². The summed E-state index contributed by atoms with van der Waals surface area (Å²) in [6.45, 7) is 9.44. The molecule has 0 saturated carbocycles. The molecule has 0 heterocycles. The van der Waals surface area contributed by atoms with Crippen molar-refractivity contribution in [1.29, 1.82) is 0 Å². The van der Waals surface area contributed by atoms with Crippen LogP contribution in [0.25, 0.3) is 66.1 Å². The fraction of sp³-hybridized carbons (Fsp3) is 0.0882. The lowest BCUT2D eigenvalue weighted by atomic mass is 9.82. The average Bonchev–Trinajstić information content (AvgIpc) is 3.78. The third-order valence-corrected chi connectivity index (χ3v) is 15.4. The molecule has 13 rings (SSSR count). The van der Waals surface area contributed by atoms with Crippen molar-refractivity contribution in [3.63, 3.8) is 0 Å². The normalized spacial score (nSPS) is 13.7. The van der Waals surface area contributed by atoms with Crippen molar-refractivity contribution in [2.45, 2.75) is 38.5 Å². The molecule has 0 N–H and O–H groups in total. The summed E-state index contributed by atoms with van der Waals surface area (Å²) in [6.07, 6.45) is 0. The van der Waals surface area contributed by atoms with E-state index in [1.54, 1.807) is 0 Å². The Morgan fingerprint density at radius 3 is 0.971 bits per heavy atom. The van der Waals surface area contributed by atoms with Crippen LogP contribution in [-0.4, -0.2) is 0 Å². The molecule has 11 aromatic carbocycles. The van der Waals surface area contributed by atoms with Crippen LogP contribution in [0, 0.1) is 0 Å². The highest BCUT2D eigenvalue weighted by molar-refractivity contribution is 6.10. The average molecular weight is 897 g/mol. The number of hydrogen-bond donors (Lipinski definition) is 0. The highest BCUT2D eigenvalue weighted by Crippen LogP contribution is 2.53. The van der Waals surface area contributed by atoms with Crippen LogP contribution in [-0.2, 0) is 10.8 Å². The van der Waals surface area contributed by atoms with Gasteiger partial charge in [0, 0.05) is 45.0 Å². The minimum Gasteiger partial charge on any atom is -0.310 e.